The predicted octanol–water partition coefficient (Wildman–Crippen LogP) is -0.603. The molecule has 0 fully saturated rings. The third-order valence-electron chi connectivity index (χ3n) is 1.03. The zero-order valence-electron chi connectivity index (χ0n) is 5.28. The van der Waals surface area contributed by atoms with E-state index in [1.807, 2.05) is 0 Å². The quantitative estimate of drug-likeness (QED) is 0.357. The van der Waals surface area contributed by atoms with Gasteiger partial charge in [0.15, 0.2) is 0 Å². The van der Waals surface area contributed by atoms with E-state index in [0.29, 0.717) is 6.29 Å². The van der Waals surface area contributed by atoms with Crippen molar-refractivity contribution in [1.82, 2.24) is 5.48 Å². The van der Waals surface area contributed by atoms with Crippen LogP contribution < -0.4 is 5.48 Å². The third kappa shape index (κ3) is 3.16. The van der Waals surface area contributed by atoms with E-state index in [0.717, 1.165) is 0 Å². The molecule has 5 nitrogen and oxygen atoms in total. The van der Waals surface area contributed by atoms with Gasteiger partial charge in [-0.05, 0) is 6.42 Å². The molecule has 3 N–H and O–H groups in total. The molecule has 0 aliphatic rings. The van der Waals surface area contributed by atoms with Crippen LogP contribution in [0.15, 0.2) is 0 Å². The Kier molecular flexibility index (Phi) is 4.43. The van der Waals surface area contributed by atoms with Crippen LogP contribution in [0.1, 0.15) is 12.8 Å². The highest BCUT2D eigenvalue weighted by molar-refractivity contribution is 5.73. The van der Waals surface area contributed by atoms with Crippen LogP contribution in [0.3, 0.4) is 0 Å². The van der Waals surface area contributed by atoms with Crippen LogP contribution in [-0.2, 0) is 9.59 Å². The Balaban J connectivity index is 3.60. The first-order valence-corrected chi connectivity index (χ1v) is 2.78. The van der Waals surface area contributed by atoms with Gasteiger partial charge in [-0.2, -0.15) is 5.48 Å². The van der Waals surface area contributed by atoms with E-state index in [-0.39, 0.29) is 12.8 Å². The summed E-state index contributed by atoms with van der Waals surface area (Å²) in [5.74, 6) is -1.16. The SMILES string of the molecule is O=CCCC(NO)C(=O)O. The molecule has 0 saturated carbocycles. The lowest BCUT2D eigenvalue weighted by Gasteiger charge is -2.05. The second kappa shape index (κ2) is 4.89. The number of carbonyl (C=O) groups excluding carboxylic acids is 1. The van der Waals surface area contributed by atoms with Crippen LogP contribution >= 0.6 is 0 Å². The van der Waals surface area contributed by atoms with E-state index in [1.54, 1.807) is 5.48 Å². The normalized spacial score (nSPS) is 12.5. The molecule has 0 aliphatic carbocycles. The van der Waals surface area contributed by atoms with Gasteiger partial charge in [0.1, 0.15) is 12.3 Å². The van der Waals surface area contributed by atoms with Crippen LogP contribution in [0.4, 0.5) is 0 Å². The van der Waals surface area contributed by atoms with Crippen molar-refractivity contribution >= 4 is 12.3 Å². The summed E-state index contributed by atoms with van der Waals surface area (Å²) in [6.45, 7) is 0. The molecule has 0 radical (unpaired) electrons. The van der Waals surface area contributed by atoms with Gasteiger partial charge in [0.25, 0.3) is 0 Å². The first-order valence-electron chi connectivity index (χ1n) is 2.78. The Labute approximate surface area is 57.6 Å². The summed E-state index contributed by atoms with van der Waals surface area (Å²) < 4.78 is 0. The van der Waals surface area contributed by atoms with Crippen molar-refractivity contribution < 1.29 is 19.9 Å². The second-order valence-corrected chi connectivity index (χ2v) is 1.76. The number of hydrogen-bond acceptors (Lipinski definition) is 4. The van der Waals surface area contributed by atoms with Gasteiger partial charge in [-0.15, -0.1) is 0 Å². The minimum absolute atomic E-state index is 0.106. The molecule has 0 saturated heterocycles. The fourth-order valence-electron chi connectivity index (χ4n) is 0.478. The third-order valence-corrected chi connectivity index (χ3v) is 1.03. The lowest BCUT2D eigenvalue weighted by atomic mass is 10.2. The topological polar surface area (TPSA) is 86.6 Å². The van der Waals surface area contributed by atoms with Crippen molar-refractivity contribution in [2.45, 2.75) is 18.9 Å². The molecule has 0 aromatic rings. The summed E-state index contributed by atoms with van der Waals surface area (Å²) >= 11 is 0. The monoisotopic (exact) mass is 147 g/mol. The van der Waals surface area contributed by atoms with Gasteiger partial charge in [-0.25, -0.2) is 0 Å². The maximum absolute atomic E-state index is 10.1. The molecule has 0 bridgehead atoms. The zero-order valence-corrected chi connectivity index (χ0v) is 5.28. The molecule has 0 aromatic heterocycles. The molecule has 1 unspecified atom stereocenters. The van der Waals surface area contributed by atoms with Crippen LogP contribution in [0.2, 0.25) is 0 Å². The minimum atomic E-state index is -1.16. The van der Waals surface area contributed by atoms with E-state index in [1.165, 1.54) is 0 Å². The average molecular weight is 147 g/mol. The van der Waals surface area contributed by atoms with Crippen molar-refractivity contribution in [2.24, 2.45) is 0 Å². The molecule has 0 aromatic carbocycles. The largest absolute Gasteiger partial charge is 0.480 e. The van der Waals surface area contributed by atoms with Crippen molar-refractivity contribution in [3.05, 3.63) is 0 Å². The molecule has 5 heteroatoms. The lowest BCUT2D eigenvalue weighted by Crippen LogP contribution is -2.34. The number of carboxylic acid groups (broad SMARTS) is 1. The smallest absolute Gasteiger partial charge is 0.323 e. The maximum atomic E-state index is 10.1. The van der Waals surface area contributed by atoms with Gasteiger partial charge in [0.2, 0.25) is 0 Å². The van der Waals surface area contributed by atoms with Crippen molar-refractivity contribution in [2.75, 3.05) is 0 Å². The standard InChI is InChI=1S/C5H9NO4/c7-3-1-2-4(6-10)5(8)9/h3-4,6,10H,1-2H2,(H,8,9). The molecule has 10 heavy (non-hydrogen) atoms. The average Bonchev–Trinajstić information content (AvgIpc) is 1.89. The fraction of sp³-hybridized carbons (Fsp3) is 0.600. The predicted molar refractivity (Wildman–Crippen MR) is 31.6 cm³/mol. The van der Waals surface area contributed by atoms with Crippen molar-refractivity contribution in [3.63, 3.8) is 0 Å². The van der Waals surface area contributed by atoms with E-state index in [2.05, 4.69) is 0 Å². The molecule has 58 valence electrons. The fourth-order valence-corrected chi connectivity index (χ4v) is 0.478. The van der Waals surface area contributed by atoms with Crippen LogP contribution in [-0.4, -0.2) is 28.6 Å². The summed E-state index contributed by atoms with van der Waals surface area (Å²) in [5.41, 5.74) is 1.58. The number of hydrogen-bond donors (Lipinski definition) is 3. The van der Waals surface area contributed by atoms with E-state index >= 15 is 0 Å². The Hall–Kier alpha value is -0.940. The summed E-state index contributed by atoms with van der Waals surface area (Å²) in [6.07, 6.45) is 0.840. The Bertz CT molecular complexity index is 125. The molecular formula is C5H9NO4. The van der Waals surface area contributed by atoms with Gasteiger partial charge in [-0.3, -0.25) is 4.79 Å². The number of nitrogens with one attached hydrogen (secondary N) is 1. The molecule has 0 aliphatic heterocycles. The summed E-state index contributed by atoms with van der Waals surface area (Å²) in [6, 6.07) is -1.04. The molecule has 1 atom stereocenters. The van der Waals surface area contributed by atoms with Crippen molar-refractivity contribution in [3.8, 4) is 0 Å². The molecular weight excluding hydrogens is 138 g/mol. The first kappa shape index (κ1) is 9.06. The highest BCUT2D eigenvalue weighted by Crippen LogP contribution is 1.93. The highest BCUT2D eigenvalue weighted by Gasteiger charge is 2.14. The number of carboxylic acids is 1. The number of hydroxylamine groups is 1. The van der Waals surface area contributed by atoms with Crippen molar-refractivity contribution in [1.29, 1.82) is 0 Å². The summed E-state index contributed by atoms with van der Waals surface area (Å²) in [5, 5.41) is 16.4. The summed E-state index contributed by atoms with van der Waals surface area (Å²) in [7, 11) is 0. The number of aldehydes is 1. The van der Waals surface area contributed by atoms with Gasteiger partial charge >= 0.3 is 5.97 Å². The number of rotatable bonds is 5. The van der Waals surface area contributed by atoms with E-state index in [4.69, 9.17) is 10.3 Å². The number of carbonyl (C=O) groups is 2. The Morgan fingerprint density at radius 2 is 2.30 bits per heavy atom. The van der Waals surface area contributed by atoms with Gasteiger partial charge in [-0.1, -0.05) is 0 Å². The van der Waals surface area contributed by atoms with Crippen LogP contribution in [0, 0.1) is 0 Å². The van der Waals surface area contributed by atoms with E-state index in [9.17, 15) is 9.59 Å². The van der Waals surface area contributed by atoms with Crippen LogP contribution in [0.25, 0.3) is 0 Å². The summed E-state index contributed by atoms with van der Waals surface area (Å²) in [4.78, 5) is 19.8. The maximum Gasteiger partial charge on any atom is 0.323 e. The van der Waals surface area contributed by atoms with E-state index < -0.39 is 12.0 Å². The molecule has 0 amide bonds. The lowest BCUT2D eigenvalue weighted by molar-refractivity contribution is -0.142. The first-order chi connectivity index (χ1) is 4.72. The Morgan fingerprint density at radius 1 is 1.70 bits per heavy atom. The van der Waals surface area contributed by atoms with Gasteiger partial charge in [0, 0.05) is 6.42 Å². The van der Waals surface area contributed by atoms with Crippen LogP contribution in [0.5, 0.6) is 0 Å². The minimum Gasteiger partial charge on any atom is -0.480 e. The second-order valence-electron chi connectivity index (χ2n) is 1.76. The molecule has 0 spiro atoms. The Morgan fingerprint density at radius 3 is 2.60 bits per heavy atom. The zero-order chi connectivity index (χ0) is 7.98. The highest BCUT2D eigenvalue weighted by atomic mass is 16.5. The molecule has 0 heterocycles. The van der Waals surface area contributed by atoms with Gasteiger partial charge in [0.05, 0.1) is 0 Å². The molecule has 0 rings (SSSR count). The van der Waals surface area contributed by atoms with Gasteiger partial charge < -0.3 is 15.1 Å². The number of aliphatic carboxylic acids is 1.